The molecule has 1 saturated heterocycles. The molecule has 1 aliphatic carbocycles. The minimum absolute atomic E-state index is 0.897. The third-order valence-corrected chi connectivity index (χ3v) is 4.45. The van der Waals surface area contributed by atoms with E-state index in [4.69, 9.17) is 0 Å². The van der Waals surface area contributed by atoms with Crippen molar-refractivity contribution in [1.29, 1.82) is 0 Å². The number of nitrogens with one attached hydrogen (secondary N) is 1. The van der Waals surface area contributed by atoms with E-state index < -0.39 is 0 Å². The topological polar surface area (TPSA) is 15.3 Å². The van der Waals surface area contributed by atoms with Crippen molar-refractivity contribution in [2.45, 2.75) is 45.1 Å². The first-order chi connectivity index (χ1) is 7.35. The Morgan fingerprint density at radius 1 is 1.27 bits per heavy atom. The van der Waals surface area contributed by atoms with Crippen molar-refractivity contribution in [2.24, 2.45) is 11.8 Å². The summed E-state index contributed by atoms with van der Waals surface area (Å²) < 4.78 is 0. The molecule has 0 aromatic carbocycles. The standard InChI is InChI=1S/C13H26N2/c1-3-11-7-8-15(10-11)13-6-4-5-12(13)9-14-2/h11-14H,3-10H2,1-2H3. The molecule has 15 heavy (non-hydrogen) atoms. The molecular weight excluding hydrogens is 184 g/mol. The van der Waals surface area contributed by atoms with Crippen LogP contribution in [0.3, 0.4) is 0 Å². The molecule has 0 radical (unpaired) electrons. The maximum Gasteiger partial charge on any atom is 0.0136 e. The van der Waals surface area contributed by atoms with E-state index in [1.165, 1.54) is 51.7 Å². The van der Waals surface area contributed by atoms with Crippen molar-refractivity contribution in [3.05, 3.63) is 0 Å². The van der Waals surface area contributed by atoms with E-state index in [2.05, 4.69) is 24.2 Å². The Bertz CT molecular complexity index is 193. The first-order valence-electron chi connectivity index (χ1n) is 6.73. The van der Waals surface area contributed by atoms with Crippen LogP contribution in [0.15, 0.2) is 0 Å². The highest BCUT2D eigenvalue weighted by atomic mass is 15.2. The van der Waals surface area contributed by atoms with Crippen LogP contribution in [0.2, 0.25) is 0 Å². The van der Waals surface area contributed by atoms with E-state index in [0.717, 1.165) is 17.9 Å². The molecule has 88 valence electrons. The first-order valence-corrected chi connectivity index (χ1v) is 6.73. The summed E-state index contributed by atoms with van der Waals surface area (Å²) in [6.45, 7) is 6.30. The van der Waals surface area contributed by atoms with Crippen LogP contribution in [0.25, 0.3) is 0 Å². The average molecular weight is 210 g/mol. The fourth-order valence-electron chi connectivity index (χ4n) is 3.50. The highest BCUT2D eigenvalue weighted by Gasteiger charge is 2.34. The van der Waals surface area contributed by atoms with E-state index in [-0.39, 0.29) is 0 Å². The maximum absolute atomic E-state index is 3.36. The number of hydrogen-bond acceptors (Lipinski definition) is 2. The highest BCUT2D eigenvalue weighted by Crippen LogP contribution is 2.33. The predicted octanol–water partition coefficient (Wildman–Crippen LogP) is 2.11. The molecule has 2 rings (SSSR count). The lowest BCUT2D eigenvalue weighted by Gasteiger charge is -2.29. The zero-order chi connectivity index (χ0) is 10.7. The number of hydrogen-bond donors (Lipinski definition) is 1. The number of nitrogens with zero attached hydrogens (tertiary/aromatic N) is 1. The van der Waals surface area contributed by atoms with Gasteiger partial charge in [0.1, 0.15) is 0 Å². The van der Waals surface area contributed by atoms with E-state index in [9.17, 15) is 0 Å². The molecule has 0 aromatic rings. The molecule has 1 aliphatic heterocycles. The van der Waals surface area contributed by atoms with Gasteiger partial charge < -0.3 is 5.32 Å². The molecule has 2 heteroatoms. The SMILES string of the molecule is CCC1CCN(C2CCCC2CNC)C1. The summed E-state index contributed by atoms with van der Waals surface area (Å²) in [6.07, 6.45) is 7.16. The molecule has 3 unspecified atom stereocenters. The molecule has 2 aliphatic rings. The molecule has 0 aromatic heterocycles. The Hall–Kier alpha value is -0.0800. The second kappa shape index (κ2) is 5.31. The van der Waals surface area contributed by atoms with Gasteiger partial charge in [-0.3, -0.25) is 4.90 Å². The Kier molecular flexibility index (Phi) is 4.04. The molecular formula is C13H26N2. The second-order valence-corrected chi connectivity index (χ2v) is 5.37. The van der Waals surface area contributed by atoms with Crippen molar-refractivity contribution in [3.63, 3.8) is 0 Å². The fraction of sp³-hybridized carbons (Fsp3) is 1.00. The second-order valence-electron chi connectivity index (χ2n) is 5.37. The van der Waals surface area contributed by atoms with Gasteiger partial charge >= 0.3 is 0 Å². The Morgan fingerprint density at radius 2 is 2.13 bits per heavy atom. The zero-order valence-electron chi connectivity index (χ0n) is 10.3. The van der Waals surface area contributed by atoms with Crippen LogP contribution >= 0.6 is 0 Å². The third kappa shape index (κ3) is 2.54. The highest BCUT2D eigenvalue weighted by molar-refractivity contribution is 4.89. The average Bonchev–Trinajstić information content (AvgIpc) is 2.85. The van der Waals surface area contributed by atoms with Crippen molar-refractivity contribution in [2.75, 3.05) is 26.7 Å². The van der Waals surface area contributed by atoms with Gasteiger partial charge in [-0.1, -0.05) is 19.8 Å². The maximum atomic E-state index is 3.36. The molecule has 0 spiro atoms. The van der Waals surface area contributed by atoms with E-state index >= 15 is 0 Å². The summed E-state index contributed by atoms with van der Waals surface area (Å²) in [5, 5.41) is 3.36. The molecule has 3 atom stereocenters. The van der Waals surface area contributed by atoms with Gasteiger partial charge in [-0.2, -0.15) is 0 Å². The Labute approximate surface area is 94.4 Å². The molecule has 0 bridgehead atoms. The van der Waals surface area contributed by atoms with Gasteiger partial charge in [0.15, 0.2) is 0 Å². The van der Waals surface area contributed by atoms with Crippen LogP contribution in [0.5, 0.6) is 0 Å². The number of rotatable bonds is 4. The minimum atomic E-state index is 0.897. The van der Waals surface area contributed by atoms with Gasteiger partial charge in [-0.05, 0) is 51.2 Å². The monoisotopic (exact) mass is 210 g/mol. The van der Waals surface area contributed by atoms with Crippen molar-refractivity contribution in [3.8, 4) is 0 Å². The van der Waals surface area contributed by atoms with Gasteiger partial charge in [0, 0.05) is 12.6 Å². The summed E-state index contributed by atoms with van der Waals surface area (Å²) in [5.41, 5.74) is 0. The van der Waals surface area contributed by atoms with Gasteiger partial charge in [0.05, 0.1) is 0 Å². The van der Waals surface area contributed by atoms with Crippen LogP contribution < -0.4 is 5.32 Å². The Morgan fingerprint density at radius 3 is 2.80 bits per heavy atom. The largest absolute Gasteiger partial charge is 0.319 e. The molecule has 0 amide bonds. The molecule has 1 saturated carbocycles. The minimum Gasteiger partial charge on any atom is -0.319 e. The zero-order valence-corrected chi connectivity index (χ0v) is 10.3. The van der Waals surface area contributed by atoms with E-state index in [0.29, 0.717) is 0 Å². The van der Waals surface area contributed by atoms with Crippen molar-refractivity contribution < 1.29 is 0 Å². The lowest BCUT2D eigenvalue weighted by Crippen LogP contribution is -2.39. The Balaban J connectivity index is 1.87. The van der Waals surface area contributed by atoms with Gasteiger partial charge in [-0.25, -0.2) is 0 Å². The third-order valence-electron chi connectivity index (χ3n) is 4.45. The lowest BCUT2D eigenvalue weighted by atomic mass is 10.0. The van der Waals surface area contributed by atoms with E-state index in [1.54, 1.807) is 0 Å². The summed E-state index contributed by atoms with van der Waals surface area (Å²) >= 11 is 0. The molecule has 2 fully saturated rings. The first kappa shape index (κ1) is 11.4. The van der Waals surface area contributed by atoms with Crippen LogP contribution in [-0.2, 0) is 0 Å². The van der Waals surface area contributed by atoms with Gasteiger partial charge in [-0.15, -0.1) is 0 Å². The smallest absolute Gasteiger partial charge is 0.0136 e. The summed E-state index contributed by atoms with van der Waals surface area (Å²) in [4.78, 5) is 2.78. The quantitative estimate of drug-likeness (QED) is 0.764. The summed E-state index contributed by atoms with van der Waals surface area (Å²) in [5.74, 6) is 1.91. The summed E-state index contributed by atoms with van der Waals surface area (Å²) in [7, 11) is 2.09. The predicted molar refractivity (Wildman–Crippen MR) is 65.0 cm³/mol. The van der Waals surface area contributed by atoms with Crippen LogP contribution in [0.4, 0.5) is 0 Å². The van der Waals surface area contributed by atoms with Gasteiger partial charge in [0.2, 0.25) is 0 Å². The number of likely N-dealkylation sites (tertiary alicyclic amines) is 1. The molecule has 1 N–H and O–H groups in total. The lowest BCUT2D eigenvalue weighted by molar-refractivity contribution is 0.188. The molecule has 1 heterocycles. The summed E-state index contributed by atoms with van der Waals surface area (Å²) in [6, 6.07) is 0.897. The van der Waals surface area contributed by atoms with Crippen molar-refractivity contribution >= 4 is 0 Å². The fourth-order valence-corrected chi connectivity index (χ4v) is 3.50. The van der Waals surface area contributed by atoms with Crippen LogP contribution in [0, 0.1) is 11.8 Å². The van der Waals surface area contributed by atoms with Crippen LogP contribution in [-0.4, -0.2) is 37.6 Å². The molecule has 2 nitrogen and oxygen atoms in total. The normalized spacial score (nSPS) is 37.6. The van der Waals surface area contributed by atoms with Gasteiger partial charge in [0.25, 0.3) is 0 Å². The van der Waals surface area contributed by atoms with Crippen LogP contribution in [0.1, 0.15) is 39.0 Å². The van der Waals surface area contributed by atoms with Crippen molar-refractivity contribution in [1.82, 2.24) is 10.2 Å². The van der Waals surface area contributed by atoms with E-state index in [1.807, 2.05) is 0 Å².